The highest BCUT2D eigenvalue weighted by Gasteiger charge is 2.19. The fraction of sp³-hybridized carbons (Fsp3) is 0.143. The van der Waals surface area contributed by atoms with Gasteiger partial charge < -0.3 is 4.74 Å². The van der Waals surface area contributed by atoms with E-state index in [4.69, 9.17) is 0 Å². The summed E-state index contributed by atoms with van der Waals surface area (Å²) >= 11 is 2.75. The molecule has 0 bridgehead atoms. The molecular formula is C7H3BrF3NO3. The quantitative estimate of drug-likeness (QED) is 0.633. The summed E-state index contributed by atoms with van der Waals surface area (Å²) in [5.41, 5.74) is -0.816. The summed E-state index contributed by atoms with van der Waals surface area (Å²) in [6, 6.07) is 1.28. The summed E-state index contributed by atoms with van der Waals surface area (Å²) in [4.78, 5) is 9.30. The first-order chi connectivity index (χ1) is 6.91. The Balaban J connectivity index is 3.13. The molecule has 0 spiro atoms. The summed E-state index contributed by atoms with van der Waals surface area (Å²) in [5.74, 6) is -1.73. The molecule has 0 aliphatic carbocycles. The van der Waals surface area contributed by atoms with Gasteiger partial charge in [0.1, 0.15) is 5.75 Å². The first-order valence-electron chi connectivity index (χ1n) is 3.50. The molecule has 0 radical (unpaired) electrons. The van der Waals surface area contributed by atoms with E-state index in [1.54, 1.807) is 0 Å². The third-order valence-electron chi connectivity index (χ3n) is 1.41. The Morgan fingerprint density at radius 1 is 1.47 bits per heavy atom. The summed E-state index contributed by atoms with van der Waals surface area (Å²) in [5, 5.41) is 10.3. The molecule has 0 aliphatic heterocycles. The number of nitrogens with zero attached hydrogens (tertiary/aromatic N) is 1. The average Bonchev–Trinajstić information content (AvgIpc) is 2.09. The molecular weight excluding hydrogens is 283 g/mol. The lowest BCUT2D eigenvalue weighted by atomic mass is 10.3. The number of rotatable bonds is 3. The van der Waals surface area contributed by atoms with Crippen LogP contribution >= 0.6 is 15.9 Å². The molecule has 15 heavy (non-hydrogen) atoms. The van der Waals surface area contributed by atoms with Crippen LogP contribution < -0.4 is 4.74 Å². The summed E-state index contributed by atoms with van der Waals surface area (Å²) in [6.07, 6.45) is 0. The van der Waals surface area contributed by atoms with Crippen molar-refractivity contribution < 1.29 is 22.8 Å². The summed E-state index contributed by atoms with van der Waals surface area (Å²) in [6.45, 7) is -3.12. The van der Waals surface area contributed by atoms with Crippen LogP contribution in [0.15, 0.2) is 16.6 Å². The molecule has 0 unspecified atom stereocenters. The van der Waals surface area contributed by atoms with Gasteiger partial charge in [-0.3, -0.25) is 10.1 Å². The van der Waals surface area contributed by atoms with Gasteiger partial charge >= 0.3 is 12.3 Å². The van der Waals surface area contributed by atoms with E-state index in [9.17, 15) is 23.3 Å². The Kier molecular flexibility index (Phi) is 3.51. The molecule has 1 aromatic rings. The third-order valence-corrected chi connectivity index (χ3v) is 2.03. The molecule has 0 aliphatic rings. The highest BCUT2D eigenvalue weighted by Crippen LogP contribution is 2.32. The lowest BCUT2D eigenvalue weighted by molar-refractivity contribution is -0.387. The monoisotopic (exact) mass is 285 g/mol. The first-order valence-corrected chi connectivity index (χ1v) is 4.29. The van der Waals surface area contributed by atoms with Crippen LogP contribution in [0, 0.1) is 15.9 Å². The fourth-order valence-electron chi connectivity index (χ4n) is 0.844. The Hall–Kier alpha value is -1.31. The van der Waals surface area contributed by atoms with E-state index in [0.29, 0.717) is 6.07 Å². The molecule has 0 saturated heterocycles. The molecule has 0 amide bonds. The number of nitro groups is 1. The fourth-order valence-corrected chi connectivity index (χ4v) is 1.27. The van der Waals surface area contributed by atoms with Gasteiger partial charge in [0.2, 0.25) is 5.82 Å². The summed E-state index contributed by atoms with van der Waals surface area (Å²) < 4.78 is 40.3. The number of nitro benzene ring substituents is 1. The molecule has 82 valence electrons. The SMILES string of the molecule is O=[N+]([O-])c1cc(Br)c(OC(F)F)cc1F. The third kappa shape index (κ3) is 2.82. The number of ether oxygens (including phenoxy) is 1. The Morgan fingerprint density at radius 3 is 2.53 bits per heavy atom. The van der Waals surface area contributed by atoms with Crippen molar-refractivity contribution in [3.05, 3.63) is 32.5 Å². The van der Waals surface area contributed by atoms with Crippen LogP contribution in [0.5, 0.6) is 5.75 Å². The van der Waals surface area contributed by atoms with Crippen molar-refractivity contribution in [3.8, 4) is 5.75 Å². The summed E-state index contributed by atoms with van der Waals surface area (Å²) in [7, 11) is 0. The zero-order chi connectivity index (χ0) is 11.6. The van der Waals surface area contributed by atoms with Crippen molar-refractivity contribution in [2.24, 2.45) is 0 Å². The lowest BCUT2D eigenvalue weighted by Crippen LogP contribution is -2.03. The Morgan fingerprint density at radius 2 is 2.07 bits per heavy atom. The maximum atomic E-state index is 12.9. The van der Waals surface area contributed by atoms with Crippen LogP contribution in [0.4, 0.5) is 18.9 Å². The minimum atomic E-state index is -3.12. The zero-order valence-electron chi connectivity index (χ0n) is 6.92. The molecule has 0 N–H and O–H groups in total. The van der Waals surface area contributed by atoms with Crippen LogP contribution in [0.2, 0.25) is 0 Å². The van der Waals surface area contributed by atoms with E-state index in [-0.39, 0.29) is 4.47 Å². The number of hydrogen-bond donors (Lipinski definition) is 0. The van der Waals surface area contributed by atoms with Crippen LogP contribution in [0.3, 0.4) is 0 Å². The van der Waals surface area contributed by atoms with E-state index in [0.717, 1.165) is 6.07 Å². The van der Waals surface area contributed by atoms with Crippen molar-refractivity contribution >= 4 is 21.6 Å². The van der Waals surface area contributed by atoms with Gasteiger partial charge in [0, 0.05) is 12.1 Å². The van der Waals surface area contributed by atoms with E-state index >= 15 is 0 Å². The standard InChI is InChI=1S/C7H3BrF3NO3/c8-3-1-5(12(13)14)4(9)2-6(3)15-7(10)11/h1-2,7H. The topological polar surface area (TPSA) is 52.4 Å². The molecule has 0 aromatic heterocycles. The molecule has 4 nitrogen and oxygen atoms in total. The number of alkyl halides is 2. The van der Waals surface area contributed by atoms with Gasteiger partial charge in [-0.1, -0.05) is 0 Å². The Bertz CT molecular complexity index is 399. The smallest absolute Gasteiger partial charge is 0.387 e. The second kappa shape index (κ2) is 4.47. The number of benzene rings is 1. The van der Waals surface area contributed by atoms with Crippen molar-refractivity contribution in [1.29, 1.82) is 0 Å². The van der Waals surface area contributed by atoms with Crippen molar-refractivity contribution in [3.63, 3.8) is 0 Å². The molecule has 0 saturated carbocycles. The van der Waals surface area contributed by atoms with Gasteiger partial charge in [0.25, 0.3) is 0 Å². The average molecular weight is 286 g/mol. The maximum Gasteiger partial charge on any atom is 0.387 e. The molecule has 0 atom stereocenters. The van der Waals surface area contributed by atoms with Gasteiger partial charge in [0.15, 0.2) is 0 Å². The van der Waals surface area contributed by atoms with Crippen molar-refractivity contribution in [1.82, 2.24) is 0 Å². The van der Waals surface area contributed by atoms with E-state index in [2.05, 4.69) is 20.7 Å². The molecule has 1 rings (SSSR count). The number of hydrogen-bond acceptors (Lipinski definition) is 3. The van der Waals surface area contributed by atoms with Crippen LogP contribution in [0.1, 0.15) is 0 Å². The van der Waals surface area contributed by atoms with Crippen LogP contribution in [-0.2, 0) is 0 Å². The molecule has 0 fully saturated rings. The molecule has 8 heteroatoms. The van der Waals surface area contributed by atoms with E-state index in [1.165, 1.54) is 0 Å². The van der Waals surface area contributed by atoms with Gasteiger partial charge in [-0.05, 0) is 15.9 Å². The minimum Gasteiger partial charge on any atom is -0.434 e. The predicted molar refractivity (Wildman–Crippen MR) is 47.4 cm³/mol. The highest BCUT2D eigenvalue weighted by atomic mass is 79.9. The van der Waals surface area contributed by atoms with Gasteiger partial charge in [-0.25, -0.2) is 0 Å². The van der Waals surface area contributed by atoms with E-state index < -0.39 is 28.8 Å². The van der Waals surface area contributed by atoms with Gasteiger partial charge in [-0.2, -0.15) is 13.2 Å². The lowest BCUT2D eigenvalue weighted by Gasteiger charge is -2.06. The van der Waals surface area contributed by atoms with Crippen LogP contribution in [-0.4, -0.2) is 11.5 Å². The van der Waals surface area contributed by atoms with Gasteiger partial charge in [0.05, 0.1) is 9.40 Å². The Labute approximate surface area is 89.9 Å². The zero-order valence-corrected chi connectivity index (χ0v) is 8.50. The van der Waals surface area contributed by atoms with Crippen molar-refractivity contribution in [2.45, 2.75) is 6.61 Å². The molecule has 1 aromatic carbocycles. The molecule has 0 heterocycles. The second-order valence-corrected chi connectivity index (χ2v) is 3.22. The highest BCUT2D eigenvalue weighted by molar-refractivity contribution is 9.10. The minimum absolute atomic E-state index is 0.115. The maximum absolute atomic E-state index is 12.9. The normalized spacial score (nSPS) is 10.5. The largest absolute Gasteiger partial charge is 0.434 e. The number of halogens is 4. The van der Waals surface area contributed by atoms with Crippen LogP contribution in [0.25, 0.3) is 0 Å². The van der Waals surface area contributed by atoms with Gasteiger partial charge in [-0.15, -0.1) is 0 Å². The second-order valence-electron chi connectivity index (χ2n) is 2.37. The first kappa shape index (κ1) is 11.8. The predicted octanol–water partition coefficient (Wildman–Crippen LogP) is 3.10. The van der Waals surface area contributed by atoms with E-state index in [1.807, 2.05) is 0 Å². The van der Waals surface area contributed by atoms with Crippen molar-refractivity contribution in [2.75, 3.05) is 0 Å².